The van der Waals surface area contributed by atoms with E-state index in [0.29, 0.717) is 17.2 Å². The van der Waals surface area contributed by atoms with Crippen molar-refractivity contribution in [2.75, 3.05) is 10.6 Å². The standard InChI is InChI=1S/C27H21N9O/c37-27(34-21-6-9-30-26-19(21)5-8-29-26)23-12-15-1-2-16(13-22(15)33-23)25-28-10-7-24(35-25)32-18-3-4-20-17(11-18)14-31-36-20/h1-2,4-14,18,33,36H,3H2,(H,28,32,35)(H2,29,30,34,37). The lowest BCUT2D eigenvalue weighted by Gasteiger charge is -2.16. The molecule has 0 spiro atoms. The van der Waals surface area contributed by atoms with Gasteiger partial charge in [-0.1, -0.05) is 24.3 Å². The summed E-state index contributed by atoms with van der Waals surface area (Å²) < 4.78 is 0. The number of rotatable bonds is 5. The molecule has 10 nitrogen and oxygen atoms in total. The Morgan fingerprint density at radius 1 is 1.05 bits per heavy atom. The number of pyridine rings is 1. The van der Waals surface area contributed by atoms with E-state index in [9.17, 15) is 4.79 Å². The predicted octanol–water partition coefficient (Wildman–Crippen LogP) is 2.92. The Morgan fingerprint density at radius 3 is 2.97 bits per heavy atom. The van der Waals surface area contributed by atoms with Gasteiger partial charge in [0.1, 0.15) is 17.2 Å². The minimum Gasteiger partial charge on any atom is -0.363 e. The number of carbonyl (C=O) groups is 1. The largest absolute Gasteiger partial charge is 0.363 e. The molecule has 1 aliphatic carbocycles. The Morgan fingerprint density at radius 2 is 2.00 bits per heavy atom. The molecule has 0 saturated carbocycles. The maximum Gasteiger partial charge on any atom is 0.272 e. The van der Waals surface area contributed by atoms with E-state index >= 15 is 0 Å². The van der Waals surface area contributed by atoms with Gasteiger partial charge in [-0.15, -0.1) is 0 Å². The fourth-order valence-electron chi connectivity index (χ4n) is 4.65. The highest BCUT2D eigenvalue weighted by Crippen LogP contribution is 2.25. The zero-order valence-corrected chi connectivity index (χ0v) is 19.5. The van der Waals surface area contributed by atoms with Gasteiger partial charge in [-0.2, -0.15) is 5.10 Å². The van der Waals surface area contributed by atoms with Gasteiger partial charge in [-0.05, 0) is 36.8 Å². The van der Waals surface area contributed by atoms with E-state index in [0.717, 1.165) is 50.3 Å². The third kappa shape index (κ3) is 3.90. The van der Waals surface area contributed by atoms with Gasteiger partial charge in [0.2, 0.25) is 0 Å². The Bertz CT molecular complexity index is 1910. The van der Waals surface area contributed by atoms with Gasteiger partial charge in [0, 0.05) is 45.7 Å². The van der Waals surface area contributed by atoms with Gasteiger partial charge < -0.3 is 20.6 Å². The fourth-order valence-corrected chi connectivity index (χ4v) is 4.65. The SMILES string of the molecule is O=C(Nc1ccnc2[nH]ccc12)c1cc2ccc(-c3nccc(NC4C=c5cn[nH]c5=CC4)n3)cc2[nH]1. The minimum absolute atomic E-state index is 0.118. The molecule has 1 atom stereocenters. The van der Waals surface area contributed by atoms with E-state index < -0.39 is 0 Å². The van der Waals surface area contributed by atoms with Crippen LogP contribution >= 0.6 is 0 Å². The number of nitrogens with one attached hydrogen (secondary N) is 5. The molecule has 1 aromatic carbocycles. The number of carbonyl (C=O) groups excluding carboxylic acids is 1. The first-order valence-electron chi connectivity index (χ1n) is 11.9. The molecule has 5 aromatic heterocycles. The Hall–Kier alpha value is -5.25. The van der Waals surface area contributed by atoms with Gasteiger partial charge in [0.05, 0.1) is 23.3 Å². The van der Waals surface area contributed by atoms with E-state index in [-0.39, 0.29) is 11.9 Å². The first kappa shape index (κ1) is 21.1. The van der Waals surface area contributed by atoms with Crippen LogP contribution in [0.1, 0.15) is 16.9 Å². The lowest BCUT2D eigenvalue weighted by Crippen LogP contribution is -2.32. The highest BCUT2D eigenvalue weighted by molar-refractivity contribution is 6.09. The van der Waals surface area contributed by atoms with E-state index in [4.69, 9.17) is 4.98 Å². The second kappa shape index (κ2) is 8.45. The van der Waals surface area contributed by atoms with Gasteiger partial charge >= 0.3 is 0 Å². The summed E-state index contributed by atoms with van der Waals surface area (Å²) in [6.45, 7) is 0. The van der Waals surface area contributed by atoms with E-state index in [1.54, 1.807) is 24.7 Å². The highest BCUT2D eigenvalue weighted by Gasteiger charge is 2.14. The molecule has 5 N–H and O–H groups in total. The lowest BCUT2D eigenvalue weighted by molar-refractivity contribution is 0.102. The molecule has 0 aliphatic heterocycles. The van der Waals surface area contributed by atoms with Crippen LogP contribution in [-0.4, -0.2) is 47.1 Å². The van der Waals surface area contributed by atoms with Gasteiger partial charge in [0.15, 0.2) is 5.82 Å². The molecule has 180 valence electrons. The molecule has 0 fully saturated rings. The maximum atomic E-state index is 13.0. The van der Waals surface area contributed by atoms with Crippen LogP contribution in [0.25, 0.3) is 45.5 Å². The molecule has 0 bridgehead atoms. The number of H-pyrrole nitrogens is 3. The summed E-state index contributed by atoms with van der Waals surface area (Å²) in [6, 6.07) is 13.4. The van der Waals surface area contributed by atoms with Crippen LogP contribution in [0.15, 0.2) is 67.3 Å². The van der Waals surface area contributed by atoms with Crippen molar-refractivity contribution in [3.05, 3.63) is 83.5 Å². The molecule has 5 heterocycles. The van der Waals surface area contributed by atoms with Crippen molar-refractivity contribution < 1.29 is 4.79 Å². The summed E-state index contributed by atoms with van der Waals surface area (Å²) in [5.74, 6) is 1.12. The summed E-state index contributed by atoms with van der Waals surface area (Å²) in [5, 5.41) is 17.4. The van der Waals surface area contributed by atoms with Crippen LogP contribution in [0.2, 0.25) is 0 Å². The smallest absolute Gasteiger partial charge is 0.272 e. The highest BCUT2D eigenvalue weighted by atomic mass is 16.1. The fraction of sp³-hybridized carbons (Fsp3) is 0.0741. The third-order valence-corrected chi connectivity index (χ3v) is 6.48. The molecule has 1 aliphatic rings. The first-order valence-corrected chi connectivity index (χ1v) is 11.9. The number of benzene rings is 1. The van der Waals surface area contributed by atoms with E-state index in [1.807, 2.05) is 42.6 Å². The average molecular weight is 488 g/mol. The number of hydrogen-bond donors (Lipinski definition) is 5. The molecule has 0 saturated heterocycles. The van der Waals surface area contributed by atoms with Gasteiger partial charge in [-0.3, -0.25) is 9.89 Å². The van der Waals surface area contributed by atoms with Crippen molar-refractivity contribution in [2.24, 2.45) is 0 Å². The van der Waals surface area contributed by atoms with Crippen molar-refractivity contribution >= 4 is 51.5 Å². The van der Waals surface area contributed by atoms with Crippen LogP contribution in [-0.2, 0) is 0 Å². The molecular weight excluding hydrogens is 466 g/mol. The molecule has 1 amide bonds. The van der Waals surface area contributed by atoms with Crippen molar-refractivity contribution in [3.63, 3.8) is 0 Å². The second-order valence-corrected chi connectivity index (χ2v) is 8.90. The average Bonchev–Trinajstić information content (AvgIpc) is 3.67. The van der Waals surface area contributed by atoms with Crippen LogP contribution < -0.4 is 21.2 Å². The van der Waals surface area contributed by atoms with Gasteiger partial charge in [-0.25, -0.2) is 15.0 Å². The molecule has 37 heavy (non-hydrogen) atoms. The number of fused-ring (bicyclic) bond motifs is 3. The van der Waals surface area contributed by atoms with Crippen molar-refractivity contribution in [2.45, 2.75) is 12.5 Å². The molecule has 10 heteroatoms. The van der Waals surface area contributed by atoms with Crippen LogP contribution in [0.3, 0.4) is 0 Å². The predicted molar refractivity (Wildman–Crippen MR) is 142 cm³/mol. The van der Waals surface area contributed by atoms with Crippen LogP contribution in [0.5, 0.6) is 0 Å². The Balaban J connectivity index is 1.13. The number of aromatic nitrogens is 7. The summed E-state index contributed by atoms with van der Waals surface area (Å²) in [5.41, 5.74) is 3.57. The molecule has 1 unspecified atom stereocenters. The van der Waals surface area contributed by atoms with Crippen molar-refractivity contribution in [1.82, 2.24) is 35.1 Å². The zero-order chi connectivity index (χ0) is 24.8. The summed E-state index contributed by atoms with van der Waals surface area (Å²) in [4.78, 5) is 32.7. The topological polar surface area (TPSA) is 140 Å². The number of nitrogens with zero attached hydrogens (tertiary/aromatic N) is 4. The molecule has 6 aromatic rings. The Labute approximate surface area is 209 Å². The maximum absolute atomic E-state index is 13.0. The lowest BCUT2D eigenvalue weighted by atomic mass is 10.1. The third-order valence-electron chi connectivity index (χ3n) is 6.48. The van der Waals surface area contributed by atoms with Crippen LogP contribution in [0.4, 0.5) is 11.5 Å². The molecular formula is C27H21N9O. The number of hydrogen-bond acceptors (Lipinski definition) is 6. The zero-order valence-electron chi connectivity index (χ0n) is 19.5. The summed E-state index contributed by atoms with van der Waals surface area (Å²) >= 11 is 0. The van der Waals surface area contributed by atoms with Crippen LogP contribution in [0, 0.1) is 0 Å². The minimum atomic E-state index is -0.227. The second-order valence-electron chi connectivity index (χ2n) is 8.90. The number of aromatic amines is 3. The molecule has 0 radical (unpaired) electrons. The summed E-state index contributed by atoms with van der Waals surface area (Å²) in [6.07, 6.45) is 12.1. The number of amides is 1. The van der Waals surface area contributed by atoms with Gasteiger partial charge in [0.25, 0.3) is 5.91 Å². The van der Waals surface area contributed by atoms with E-state index in [2.05, 4.69) is 52.9 Å². The molecule has 7 rings (SSSR count). The first-order chi connectivity index (χ1) is 18.2. The number of anilines is 2. The van der Waals surface area contributed by atoms with Crippen molar-refractivity contribution in [3.8, 4) is 11.4 Å². The quantitative estimate of drug-likeness (QED) is 0.253. The normalized spacial score (nSPS) is 14.6. The van der Waals surface area contributed by atoms with Crippen molar-refractivity contribution in [1.29, 1.82) is 0 Å². The monoisotopic (exact) mass is 487 g/mol. The van der Waals surface area contributed by atoms with E-state index in [1.165, 1.54) is 0 Å². The Kier molecular flexibility index (Phi) is 4.81. The summed E-state index contributed by atoms with van der Waals surface area (Å²) in [7, 11) is 0.